The minimum atomic E-state index is -4.47. The first kappa shape index (κ1) is 23.2. The molecule has 172 valence electrons. The lowest BCUT2D eigenvalue weighted by Gasteiger charge is -2.32. The summed E-state index contributed by atoms with van der Waals surface area (Å²) in [6.07, 6.45) is -3.08. The van der Waals surface area contributed by atoms with Gasteiger partial charge in [-0.3, -0.25) is 0 Å². The molecule has 1 aliphatic rings. The predicted molar refractivity (Wildman–Crippen MR) is 115 cm³/mol. The number of ether oxygens (including phenoxy) is 1. The highest BCUT2D eigenvalue weighted by Gasteiger charge is 2.30. The van der Waals surface area contributed by atoms with Gasteiger partial charge in [-0.2, -0.15) is 13.2 Å². The fraction of sp³-hybridized carbons (Fsp3) is 0.364. The van der Waals surface area contributed by atoms with Crippen molar-refractivity contribution >= 4 is 23.4 Å². The molecule has 0 radical (unpaired) electrons. The number of nitrogens with one attached hydrogen (secondary N) is 3. The van der Waals surface area contributed by atoms with Crippen molar-refractivity contribution in [1.29, 1.82) is 0 Å². The van der Waals surface area contributed by atoms with Gasteiger partial charge in [0.2, 0.25) is 0 Å². The van der Waals surface area contributed by atoms with E-state index in [9.17, 15) is 22.8 Å². The van der Waals surface area contributed by atoms with Crippen LogP contribution in [0.5, 0.6) is 5.75 Å². The number of benzene rings is 2. The van der Waals surface area contributed by atoms with Gasteiger partial charge in [0, 0.05) is 25.3 Å². The van der Waals surface area contributed by atoms with Crippen molar-refractivity contribution in [3.8, 4) is 5.75 Å². The zero-order valence-corrected chi connectivity index (χ0v) is 17.5. The van der Waals surface area contributed by atoms with Crippen LogP contribution in [0.4, 0.5) is 34.1 Å². The third-order valence-corrected chi connectivity index (χ3v) is 5.25. The third kappa shape index (κ3) is 6.29. The molecule has 2 aromatic rings. The number of nitrogens with zero attached hydrogens (tertiary/aromatic N) is 1. The molecule has 1 heterocycles. The standard InChI is InChI=1S/C22H25F3N4O3/c1-32-19-8-3-2-7-18(19)28-21(31)29-11-9-15(10-12-29)14-26-20(30)27-17-6-4-5-16(13-17)22(23,24)25/h2-8,13,15H,9-12,14H2,1H3,(H,28,31)(H2,26,27,30). The highest BCUT2D eigenvalue weighted by atomic mass is 19.4. The molecular weight excluding hydrogens is 425 g/mol. The maximum Gasteiger partial charge on any atom is 0.416 e. The van der Waals surface area contributed by atoms with E-state index in [2.05, 4.69) is 16.0 Å². The third-order valence-electron chi connectivity index (χ3n) is 5.25. The Kier molecular flexibility index (Phi) is 7.45. The average Bonchev–Trinajstić information content (AvgIpc) is 2.78. The number of methoxy groups -OCH3 is 1. The summed E-state index contributed by atoms with van der Waals surface area (Å²) in [5.74, 6) is 0.740. The molecule has 2 aromatic carbocycles. The van der Waals surface area contributed by atoms with Crippen molar-refractivity contribution in [2.75, 3.05) is 37.4 Å². The van der Waals surface area contributed by atoms with Crippen molar-refractivity contribution in [2.24, 2.45) is 5.92 Å². The molecule has 0 aromatic heterocycles. The zero-order chi connectivity index (χ0) is 23.1. The fourth-order valence-electron chi connectivity index (χ4n) is 3.47. The number of carbonyl (C=O) groups is 2. The number of hydrogen-bond donors (Lipinski definition) is 3. The summed E-state index contributed by atoms with van der Waals surface area (Å²) in [7, 11) is 1.53. The van der Waals surface area contributed by atoms with Gasteiger partial charge in [-0.1, -0.05) is 18.2 Å². The number of para-hydroxylation sites is 2. The van der Waals surface area contributed by atoms with Crippen LogP contribution in [-0.4, -0.2) is 43.7 Å². The molecule has 1 fully saturated rings. The molecule has 0 spiro atoms. The first-order chi connectivity index (χ1) is 15.3. The summed E-state index contributed by atoms with van der Waals surface area (Å²) in [4.78, 5) is 26.3. The second-order valence-corrected chi connectivity index (χ2v) is 7.47. The number of alkyl halides is 3. The quantitative estimate of drug-likeness (QED) is 0.613. The van der Waals surface area contributed by atoms with E-state index in [4.69, 9.17) is 4.74 Å². The van der Waals surface area contributed by atoms with Crippen molar-refractivity contribution in [3.63, 3.8) is 0 Å². The number of likely N-dealkylation sites (tertiary alicyclic amines) is 1. The van der Waals surface area contributed by atoms with E-state index in [1.807, 2.05) is 6.07 Å². The maximum absolute atomic E-state index is 12.8. The van der Waals surface area contributed by atoms with Gasteiger partial charge in [0.05, 0.1) is 18.4 Å². The Balaban J connectivity index is 1.42. The first-order valence-corrected chi connectivity index (χ1v) is 10.2. The molecule has 3 rings (SSSR count). The fourth-order valence-corrected chi connectivity index (χ4v) is 3.47. The van der Waals surface area contributed by atoms with Gasteiger partial charge in [-0.15, -0.1) is 0 Å². The van der Waals surface area contributed by atoms with Crippen LogP contribution in [0.3, 0.4) is 0 Å². The molecule has 0 unspecified atom stereocenters. The zero-order valence-electron chi connectivity index (χ0n) is 17.5. The van der Waals surface area contributed by atoms with Crippen molar-refractivity contribution in [3.05, 3.63) is 54.1 Å². The maximum atomic E-state index is 12.8. The number of piperidine rings is 1. The second kappa shape index (κ2) is 10.3. The van der Waals surface area contributed by atoms with Crippen LogP contribution in [0, 0.1) is 5.92 Å². The topological polar surface area (TPSA) is 82.7 Å². The van der Waals surface area contributed by atoms with E-state index >= 15 is 0 Å². The summed E-state index contributed by atoms with van der Waals surface area (Å²) >= 11 is 0. The monoisotopic (exact) mass is 450 g/mol. The molecule has 10 heteroatoms. The molecule has 3 N–H and O–H groups in total. The number of carbonyl (C=O) groups excluding carboxylic acids is 2. The van der Waals surface area contributed by atoms with E-state index < -0.39 is 17.8 Å². The average molecular weight is 450 g/mol. The molecule has 0 saturated carbocycles. The minimum Gasteiger partial charge on any atom is -0.495 e. The minimum absolute atomic E-state index is 0.0696. The lowest BCUT2D eigenvalue weighted by Crippen LogP contribution is -2.43. The number of urea groups is 2. The summed E-state index contributed by atoms with van der Waals surface area (Å²) in [5.41, 5.74) is -0.163. The molecule has 1 saturated heterocycles. The van der Waals surface area contributed by atoms with Crippen molar-refractivity contribution in [1.82, 2.24) is 10.2 Å². The smallest absolute Gasteiger partial charge is 0.416 e. The molecule has 32 heavy (non-hydrogen) atoms. The summed E-state index contributed by atoms with van der Waals surface area (Å²) in [6, 6.07) is 10.8. The van der Waals surface area contributed by atoms with Crippen LogP contribution in [-0.2, 0) is 6.18 Å². The molecule has 1 aliphatic heterocycles. The summed E-state index contributed by atoms with van der Waals surface area (Å²) < 4.78 is 43.6. The molecule has 0 atom stereocenters. The molecule has 7 nitrogen and oxygen atoms in total. The van der Waals surface area contributed by atoms with Crippen LogP contribution >= 0.6 is 0 Å². The van der Waals surface area contributed by atoms with Crippen LogP contribution < -0.4 is 20.7 Å². The molecular formula is C22H25F3N4O3. The van der Waals surface area contributed by atoms with Crippen molar-refractivity contribution < 1.29 is 27.5 Å². The Morgan fingerprint density at radius 1 is 1.06 bits per heavy atom. The Hall–Kier alpha value is -3.43. The van der Waals surface area contributed by atoms with Crippen LogP contribution in [0.1, 0.15) is 18.4 Å². The first-order valence-electron chi connectivity index (χ1n) is 10.2. The highest BCUT2D eigenvalue weighted by Crippen LogP contribution is 2.30. The van der Waals surface area contributed by atoms with Crippen LogP contribution in [0.2, 0.25) is 0 Å². The van der Waals surface area contributed by atoms with Gasteiger partial charge in [0.15, 0.2) is 0 Å². The van der Waals surface area contributed by atoms with Gasteiger partial charge in [-0.25, -0.2) is 9.59 Å². The van der Waals surface area contributed by atoms with Crippen LogP contribution in [0.25, 0.3) is 0 Å². The molecule has 0 aliphatic carbocycles. The van der Waals surface area contributed by atoms with Gasteiger partial charge in [0.25, 0.3) is 0 Å². The van der Waals surface area contributed by atoms with Gasteiger partial charge in [0.1, 0.15) is 5.75 Å². The second-order valence-electron chi connectivity index (χ2n) is 7.47. The van der Waals surface area contributed by atoms with Gasteiger partial charge >= 0.3 is 18.2 Å². The van der Waals surface area contributed by atoms with E-state index in [-0.39, 0.29) is 17.6 Å². The Labute approximate surface area is 183 Å². The number of anilines is 2. The van der Waals surface area contributed by atoms with E-state index in [1.54, 1.807) is 23.1 Å². The van der Waals surface area contributed by atoms with E-state index in [0.29, 0.717) is 43.9 Å². The lowest BCUT2D eigenvalue weighted by molar-refractivity contribution is -0.137. The number of rotatable bonds is 5. The Morgan fingerprint density at radius 2 is 1.78 bits per heavy atom. The predicted octanol–water partition coefficient (Wildman–Crippen LogP) is 4.78. The van der Waals surface area contributed by atoms with Crippen molar-refractivity contribution in [2.45, 2.75) is 19.0 Å². The van der Waals surface area contributed by atoms with Gasteiger partial charge in [-0.05, 0) is 49.1 Å². The number of hydrogen-bond acceptors (Lipinski definition) is 3. The Morgan fingerprint density at radius 3 is 2.47 bits per heavy atom. The largest absolute Gasteiger partial charge is 0.495 e. The Bertz CT molecular complexity index is 944. The SMILES string of the molecule is COc1ccccc1NC(=O)N1CCC(CNC(=O)Nc2cccc(C(F)(F)F)c2)CC1. The molecule has 4 amide bonds. The van der Waals surface area contributed by atoms with E-state index in [1.165, 1.54) is 19.2 Å². The summed E-state index contributed by atoms with van der Waals surface area (Å²) in [6.45, 7) is 1.43. The number of amides is 4. The molecule has 0 bridgehead atoms. The van der Waals surface area contributed by atoms with Crippen LogP contribution in [0.15, 0.2) is 48.5 Å². The number of halogens is 3. The summed E-state index contributed by atoms with van der Waals surface area (Å²) in [5, 5.41) is 7.95. The van der Waals surface area contributed by atoms with Gasteiger partial charge < -0.3 is 25.6 Å². The normalized spacial score (nSPS) is 14.6. The lowest BCUT2D eigenvalue weighted by atomic mass is 9.97. The van der Waals surface area contributed by atoms with E-state index in [0.717, 1.165) is 12.1 Å². The highest BCUT2D eigenvalue weighted by molar-refractivity contribution is 5.91.